The number of hydrogen-bond donors (Lipinski definition) is 4. The van der Waals surface area contributed by atoms with Crippen LogP contribution < -0.4 is 0 Å². The van der Waals surface area contributed by atoms with Gasteiger partial charge in [0.1, 0.15) is 25.4 Å². The van der Waals surface area contributed by atoms with Crippen LogP contribution in [0.3, 0.4) is 0 Å². The highest BCUT2D eigenvalue weighted by Crippen LogP contribution is 2.45. The second kappa shape index (κ2) is 83.8. The van der Waals surface area contributed by atoms with Crippen molar-refractivity contribution in [2.24, 2.45) is 0 Å². The van der Waals surface area contributed by atoms with E-state index in [0.717, 1.165) is 180 Å². The summed E-state index contributed by atoms with van der Waals surface area (Å²) in [6.45, 7) is 2.29. The van der Waals surface area contributed by atoms with Crippen LogP contribution in [0.4, 0.5) is 0 Å². The highest BCUT2D eigenvalue weighted by molar-refractivity contribution is 7.47. The number of allylic oxidation sites excluding steroid dienone is 32. The van der Waals surface area contributed by atoms with Gasteiger partial charge < -0.3 is 34.2 Å². The third kappa shape index (κ3) is 85.1. The number of rotatable bonds is 79. The molecule has 5 unspecified atom stereocenters. The van der Waals surface area contributed by atoms with E-state index in [2.05, 4.69) is 215 Å². The highest BCUT2D eigenvalue weighted by Gasteiger charge is 2.29. The summed E-state index contributed by atoms with van der Waals surface area (Å²) in [6.07, 6.45) is 110. The summed E-state index contributed by atoms with van der Waals surface area (Å²) in [5.41, 5.74) is 0. The molecule has 0 bridgehead atoms. The summed E-state index contributed by atoms with van der Waals surface area (Å²) < 4.78 is 61.3. The molecule has 0 aliphatic carbocycles. The Morgan fingerprint density at radius 1 is 0.252 bits per heavy atom. The number of aliphatic hydroxyl groups is 2. The van der Waals surface area contributed by atoms with E-state index >= 15 is 0 Å². The zero-order valence-electron chi connectivity index (χ0n) is 69.1. The standard InChI is InChI=1S/C93H152O16P2/c1-4-7-10-13-16-19-22-25-28-31-34-37-39-40-41-42-43-44-45-46-48-51-52-55-58-61-64-67-70-73-76-79-91(96)103-82-88(94)83-105-110(99,100)106-84-89(95)85-107-111(101,102)108-87-90(109-93(98)81-78-75-72-69-66-63-60-57-54-49-36-33-30-27-24-21-18-15-12-9-6-3)86-104-92(97)80-77-74-71-68-65-62-59-56-53-50-47-38-35-32-29-26-23-20-17-14-11-8-5-2/h7-12,16-21,25-30,34-38,40-41,49-50,53,57,59-60,62,88-90,94-95H,4-6,13-15,22-24,31-33,39,42-48,51-52,54-56,58,61,63-87H2,1-3H3,(H,99,100)(H,101,102)/b10-7-,11-8-,12-9-,19-16-,20-17-,21-18-,28-25-,29-26-,30-27-,37-34-,38-35-,41-40-,49-36-,53-50-,60-57-,62-59-. The number of aliphatic hydroxyl groups excluding tert-OH is 2. The molecule has 111 heavy (non-hydrogen) atoms. The van der Waals surface area contributed by atoms with E-state index < -0.39 is 91.5 Å². The van der Waals surface area contributed by atoms with Gasteiger partial charge in [-0.3, -0.25) is 32.5 Å². The Kier molecular flexibility index (Phi) is 79.6. The molecule has 0 radical (unpaired) electrons. The molecule has 0 saturated carbocycles. The molecule has 0 aromatic rings. The van der Waals surface area contributed by atoms with Crippen LogP contribution in [-0.2, 0) is 55.8 Å². The van der Waals surface area contributed by atoms with E-state index in [0.29, 0.717) is 19.3 Å². The molecule has 5 atom stereocenters. The molecule has 0 aromatic carbocycles. The van der Waals surface area contributed by atoms with Crippen molar-refractivity contribution in [3.63, 3.8) is 0 Å². The highest BCUT2D eigenvalue weighted by atomic mass is 31.2. The summed E-state index contributed by atoms with van der Waals surface area (Å²) in [5, 5.41) is 20.7. The third-order valence-electron chi connectivity index (χ3n) is 17.3. The first kappa shape index (κ1) is 105. The maximum atomic E-state index is 13.0. The number of carbonyl (C=O) groups is 3. The Bertz CT molecular complexity index is 2800. The van der Waals surface area contributed by atoms with Gasteiger partial charge in [-0.05, 0) is 161 Å². The van der Waals surface area contributed by atoms with Gasteiger partial charge in [0.25, 0.3) is 0 Å². The van der Waals surface area contributed by atoms with Gasteiger partial charge in [-0.15, -0.1) is 0 Å². The fraction of sp³-hybridized carbons (Fsp3) is 0.624. The fourth-order valence-electron chi connectivity index (χ4n) is 10.9. The lowest BCUT2D eigenvalue weighted by Crippen LogP contribution is -2.30. The molecule has 18 heteroatoms. The van der Waals surface area contributed by atoms with Gasteiger partial charge in [0, 0.05) is 19.3 Å². The summed E-state index contributed by atoms with van der Waals surface area (Å²) in [5.74, 6) is -1.63. The predicted molar refractivity (Wildman–Crippen MR) is 463 cm³/mol. The molecule has 0 spiro atoms. The Hall–Kier alpha value is -5.61. The minimum absolute atomic E-state index is 0.0686. The van der Waals surface area contributed by atoms with E-state index in [-0.39, 0.29) is 19.3 Å². The minimum atomic E-state index is -4.96. The van der Waals surface area contributed by atoms with E-state index in [1.165, 1.54) is 77.0 Å². The first-order valence-corrected chi connectivity index (χ1v) is 45.7. The second-order valence-corrected chi connectivity index (χ2v) is 30.7. The molecule has 0 aliphatic rings. The van der Waals surface area contributed by atoms with Gasteiger partial charge in [0.15, 0.2) is 6.10 Å². The molecule has 0 heterocycles. The molecule has 0 amide bonds. The number of carbonyl (C=O) groups excluding carboxylic acids is 3. The van der Waals surface area contributed by atoms with E-state index in [1.54, 1.807) is 0 Å². The lowest BCUT2D eigenvalue weighted by atomic mass is 10.0. The van der Waals surface area contributed by atoms with Crippen LogP contribution in [0.25, 0.3) is 0 Å². The molecular formula is C93H152O16P2. The second-order valence-electron chi connectivity index (χ2n) is 27.8. The molecule has 0 aliphatic heterocycles. The largest absolute Gasteiger partial charge is 0.472 e. The topological polar surface area (TPSA) is 231 Å². The van der Waals surface area contributed by atoms with E-state index in [1.807, 2.05) is 0 Å². The number of esters is 3. The normalized spacial score (nSPS) is 14.8. The SMILES string of the molecule is CC/C=C\C/C=C\C/C=C\C/C=C\C/C=C\C/C=C\CCCCCCC(=O)OCC(COP(=O)(O)OCC(O)COP(=O)(O)OCC(O)COC(=O)CCCCCCCCCCCCCCCCC/C=C\C/C=C\C/C=C\C/C=C\C/C=C\CC)OC(=O)CCCCCCC/C=C\C/C=C\C/C=C\C/C=C\C/C=C\CC. The molecule has 630 valence electrons. The summed E-state index contributed by atoms with van der Waals surface area (Å²) >= 11 is 0. The van der Waals surface area contributed by atoms with Crippen LogP contribution in [0, 0.1) is 0 Å². The van der Waals surface area contributed by atoms with Crippen molar-refractivity contribution in [1.82, 2.24) is 0 Å². The molecule has 0 aromatic heterocycles. The van der Waals surface area contributed by atoms with Crippen LogP contribution in [0.15, 0.2) is 194 Å². The lowest BCUT2D eigenvalue weighted by molar-refractivity contribution is -0.161. The van der Waals surface area contributed by atoms with Crippen molar-refractivity contribution in [3.8, 4) is 0 Å². The zero-order chi connectivity index (χ0) is 80.8. The number of ether oxygens (including phenoxy) is 3. The average Bonchev–Trinajstić information content (AvgIpc) is 0.902. The van der Waals surface area contributed by atoms with Gasteiger partial charge in [0.05, 0.1) is 26.4 Å². The maximum Gasteiger partial charge on any atom is 0.472 e. The van der Waals surface area contributed by atoms with Gasteiger partial charge in [-0.2, -0.15) is 0 Å². The summed E-state index contributed by atoms with van der Waals surface area (Å²) in [4.78, 5) is 58.9. The first-order valence-electron chi connectivity index (χ1n) is 42.7. The van der Waals surface area contributed by atoms with Gasteiger partial charge in [0.2, 0.25) is 0 Å². The van der Waals surface area contributed by atoms with Gasteiger partial charge >= 0.3 is 33.6 Å². The maximum absolute atomic E-state index is 13.0. The number of unbranched alkanes of at least 4 members (excludes halogenated alkanes) is 24. The van der Waals surface area contributed by atoms with Crippen molar-refractivity contribution in [1.29, 1.82) is 0 Å². The molecule has 0 saturated heterocycles. The van der Waals surface area contributed by atoms with Crippen LogP contribution in [0.2, 0.25) is 0 Å². The Balaban J connectivity index is 4.64. The molecule has 16 nitrogen and oxygen atoms in total. The quantitative estimate of drug-likeness (QED) is 0.0146. The number of phosphoric ester groups is 2. The fourth-order valence-corrected chi connectivity index (χ4v) is 12.5. The molecule has 4 N–H and O–H groups in total. The van der Waals surface area contributed by atoms with Crippen molar-refractivity contribution >= 4 is 33.6 Å². The van der Waals surface area contributed by atoms with Crippen LogP contribution in [0.5, 0.6) is 0 Å². The van der Waals surface area contributed by atoms with Gasteiger partial charge in [-0.25, -0.2) is 9.13 Å². The number of hydrogen-bond acceptors (Lipinski definition) is 14. The first-order chi connectivity index (χ1) is 54.2. The number of phosphoric acid groups is 2. The smallest absolute Gasteiger partial charge is 0.463 e. The minimum Gasteiger partial charge on any atom is -0.463 e. The Morgan fingerprint density at radius 3 is 0.712 bits per heavy atom. The lowest BCUT2D eigenvalue weighted by Gasteiger charge is -2.21. The van der Waals surface area contributed by atoms with Crippen molar-refractivity contribution in [3.05, 3.63) is 194 Å². The van der Waals surface area contributed by atoms with Crippen LogP contribution in [0.1, 0.15) is 316 Å². The molecule has 0 rings (SSSR count). The summed E-state index contributed by atoms with van der Waals surface area (Å²) in [7, 11) is -9.83. The average molecular weight is 1590 g/mol. The Labute approximate surface area is 674 Å². The van der Waals surface area contributed by atoms with Gasteiger partial charge in [-0.1, -0.05) is 331 Å². The van der Waals surface area contributed by atoms with Crippen molar-refractivity contribution in [2.75, 3.05) is 39.6 Å². The van der Waals surface area contributed by atoms with Crippen LogP contribution in [-0.4, -0.2) is 95.9 Å². The van der Waals surface area contributed by atoms with Crippen molar-refractivity contribution in [2.45, 2.75) is 334 Å². The zero-order valence-corrected chi connectivity index (χ0v) is 70.8. The predicted octanol–water partition coefficient (Wildman–Crippen LogP) is 25.9. The molecule has 0 fully saturated rings. The van der Waals surface area contributed by atoms with E-state index in [4.69, 9.17) is 32.3 Å². The van der Waals surface area contributed by atoms with Crippen LogP contribution >= 0.6 is 15.6 Å². The third-order valence-corrected chi connectivity index (χ3v) is 19.2. The van der Waals surface area contributed by atoms with Crippen molar-refractivity contribution < 1.29 is 75.8 Å². The monoisotopic (exact) mass is 1590 g/mol. The Morgan fingerprint density at radius 2 is 0.450 bits per heavy atom. The summed E-state index contributed by atoms with van der Waals surface area (Å²) in [6, 6.07) is 0. The van der Waals surface area contributed by atoms with E-state index in [9.17, 15) is 43.5 Å². The molecular weight excluding hydrogens is 1430 g/mol.